The molecule has 0 radical (unpaired) electrons. The first-order chi connectivity index (χ1) is 10.9. The van der Waals surface area contributed by atoms with Crippen molar-refractivity contribution in [2.75, 3.05) is 6.54 Å². The minimum atomic E-state index is 0.410. The molecule has 1 aromatic heterocycles. The Bertz CT molecular complexity index is 551. The van der Waals surface area contributed by atoms with Gasteiger partial charge in [0.2, 0.25) is 0 Å². The van der Waals surface area contributed by atoms with E-state index >= 15 is 0 Å². The molecular formula is C20H33N3. The van der Waals surface area contributed by atoms with E-state index in [1.807, 2.05) is 0 Å². The first kappa shape index (κ1) is 18.0. The van der Waals surface area contributed by atoms with Crippen molar-refractivity contribution in [2.45, 2.75) is 65.7 Å². The highest BCUT2D eigenvalue weighted by Crippen LogP contribution is 2.45. The van der Waals surface area contributed by atoms with Crippen molar-refractivity contribution in [3.63, 3.8) is 0 Å². The molecule has 23 heavy (non-hydrogen) atoms. The van der Waals surface area contributed by atoms with E-state index in [1.165, 1.54) is 42.5 Å². The van der Waals surface area contributed by atoms with Gasteiger partial charge in [-0.1, -0.05) is 37.6 Å². The van der Waals surface area contributed by atoms with Gasteiger partial charge in [-0.2, -0.15) is 0 Å². The van der Waals surface area contributed by atoms with Crippen LogP contribution in [0, 0.1) is 11.3 Å². The molecule has 0 aliphatic heterocycles. The summed E-state index contributed by atoms with van der Waals surface area (Å²) in [5, 5.41) is 0. The van der Waals surface area contributed by atoms with E-state index in [2.05, 4.69) is 43.4 Å². The quantitative estimate of drug-likeness (QED) is 0.725. The fourth-order valence-corrected chi connectivity index (χ4v) is 3.90. The maximum Gasteiger partial charge on any atom is 0.0925 e. The normalized spacial score (nSPS) is 21.7. The predicted molar refractivity (Wildman–Crippen MR) is 98.3 cm³/mol. The van der Waals surface area contributed by atoms with Crippen molar-refractivity contribution < 1.29 is 0 Å². The van der Waals surface area contributed by atoms with Gasteiger partial charge in [-0.3, -0.25) is 0 Å². The molecule has 1 atom stereocenters. The molecular weight excluding hydrogens is 282 g/mol. The summed E-state index contributed by atoms with van der Waals surface area (Å²) in [5.41, 5.74) is 11.3. The Kier molecular flexibility index (Phi) is 6.23. The molecule has 0 saturated heterocycles. The minimum absolute atomic E-state index is 0.410. The lowest BCUT2D eigenvalue weighted by Gasteiger charge is -2.40. The van der Waals surface area contributed by atoms with Gasteiger partial charge < -0.3 is 10.7 Å². The largest absolute Gasteiger partial charge is 0.348 e. The number of nitrogens with two attached hydrogens (primary N) is 1. The van der Waals surface area contributed by atoms with Gasteiger partial charge in [0.05, 0.1) is 12.0 Å². The number of hydrogen-bond donors (Lipinski definition) is 2. The summed E-state index contributed by atoms with van der Waals surface area (Å²) >= 11 is 0. The molecule has 1 unspecified atom stereocenters. The third-order valence-electron chi connectivity index (χ3n) is 5.43. The Labute approximate surface area is 141 Å². The van der Waals surface area contributed by atoms with Crippen molar-refractivity contribution in [3.05, 3.63) is 41.5 Å². The van der Waals surface area contributed by atoms with Crippen molar-refractivity contribution in [3.8, 4) is 0 Å². The van der Waals surface area contributed by atoms with Gasteiger partial charge in [0, 0.05) is 18.5 Å². The minimum Gasteiger partial charge on any atom is -0.348 e. The first-order valence-corrected chi connectivity index (χ1v) is 8.98. The van der Waals surface area contributed by atoms with E-state index in [0.29, 0.717) is 17.9 Å². The summed E-state index contributed by atoms with van der Waals surface area (Å²) < 4.78 is 0. The summed E-state index contributed by atoms with van der Waals surface area (Å²) in [6, 6.07) is 0. The molecule has 1 aliphatic carbocycles. The highest BCUT2D eigenvalue weighted by atomic mass is 14.9. The number of imidazole rings is 1. The second kappa shape index (κ2) is 7.96. The molecule has 128 valence electrons. The Morgan fingerprint density at radius 2 is 2.30 bits per heavy atom. The number of hydrogen-bond acceptors (Lipinski definition) is 2. The SMILES string of the molecule is C=C1CCCC(C)(C)C1CCC(C)=CCc1[nH]cnc1CCN. The fourth-order valence-electron chi connectivity index (χ4n) is 3.90. The van der Waals surface area contributed by atoms with Crippen LogP contribution in [0.5, 0.6) is 0 Å². The third-order valence-corrected chi connectivity index (χ3v) is 5.43. The zero-order valence-corrected chi connectivity index (χ0v) is 15.1. The molecule has 0 bridgehead atoms. The number of aromatic nitrogens is 2. The van der Waals surface area contributed by atoms with Crippen LogP contribution in [0.2, 0.25) is 0 Å². The topological polar surface area (TPSA) is 54.7 Å². The molecule has 0 spiro atoms. The van der Waals surface area contributed by atoms with Crippen LogP contribution in [0.25, 0.3) is 0 Å². The molecule has 1 heterocycles. The van der Waals surface area contributed by atoms with Gasteiger partial charge >= 0.3 is 0 Å². The van der Waals surface area contributed by atoms with Crippen LogP contribution in [0.1, 0.15) is 64.3 Å². The van der Waals surface area contributed by atoms with Crippen LogP contribution in [-0.4, -0.2) is 16.5 Å². The highest BCUT2D eigenvalue weighted by molar-refractivity contribution is 5.17. The Morgan fingerprint density at radius 1 is 1.52 bits per heavy atom. The molecule has 3 nitrogen and oxygen atoms in total. The maximum absolute atomic E-state index is 5.64. The lowest BCUT2D eigenvalue weighted by molar-refractivity contribution is 0.180. The summed E-state index contributed by atoms with van der Waals surface area (Å²) in [6.07, 6.45) is 12.1. The molecule has 0 amide bonds. The van der Waals surface area contributed by atoms with Crippen LogP contribution >= 0.6 is 0 Å². The Balaban J connectivity index is 1.89. The van der Waals surface area contributed by atoms with Gasteiger partial charge in [0.25, 0.3) is 0 Å². The number of allylic oxidation sites excluding steroid dienone is 3. The Morgan fingerprint density at radius 3 is 3.00 bits per heavy atom. The number of nitrogens with zero attached hydrogens (tertiary/aromatic N) is 1. The number of aromatic amines is 1. The molecule has 2 rings (SSSR count). The van der Waals surface area contributed by atoms with Gasteiger partial charge in [-0.15, -0.1) is 0 Å². The van der Waals surface area contributed by atoms with Crippen LogP contribution in [0.15, 0.2) is 30.1 Å². The predicted octanol–water partition coefficient (Wildman–Crippen LogP) is 4.56. The lowest BCUT2D eigenvalue weighted by atomic mass is 9.65. The number of nitrogens with one attached hydrogen (secondary N) is 1. The summed E-state index contributed by atoms with van der Waals surface area (Å²) in [5.74, 6) is 0.666. The standard InChI is InChI=1S/C20H33N3/c1-15(8-10-18-19(11-13-21)23-14-22-18)7-9-17-16(2)6-5-12-20(17,3)4/h8,14,17H,2,5-7,9-13,21H2,1,3-4H3,(H,22,23). The van der Waals surface area contributed by atoms with Crippen molar-refractivity contribution in [1.82, 2.24) is 9.97 Å². The van der Waals surface area contributed by atoms with E-state index in [9.17, 15) is 0 Å². The smallest absolute Gasteiger partial charge is 0.0925 e. The fraction of sp³-hybridized carbons (Fsp3) is 0.650. The highest BCUT2D eigenvalue weighted by Gasteiger charge is 2.33. The van der Waals surface area contributed by atoms with Gasteiger partial charge in [-0.05, 0) is 56.9 Å². The molecule has 1 fully saturated rings. The van der Waals surface area contributed by atoms with E-state index in [1.54, 1.807) is 6.33 Å². The van der Waals surface area contributed by atoms with Crippen LogP contribution in [0.4, 0.5) is 0 Å². The van der Waals surface area contributed by atoms with Crippen LogP contribution < -0.4 is 5.73 Å². The Hall–Kier alpha value is -1.35. The maximum atomic E-state index is 5.64. The average Bonchev–Trinajstić information content (AvgIpc) is 2.91. The first-order valence-electron chi connectivity index (χ1n) is 8.98. The molecule has 1 aromatic rings. The molecule has 1 aliphatic rings. The molecule has 0 aromatic carbocycles. The van der Waals surface area contributed by atoms with E-state index < -0.39 is 0 Å². The van der Waals surface area contributed by atoms with Crippen LogP contribution in [-0.2, 0) is 12.8 Å². The van der Waals surface area contributed by atoms with Crippen molar-refractivity contribution in [1.29, 1.82) is 0 Å². The summed E-state index contributed by atoms with van der Waals surface area (Å²) in [6.45, 7) is 12.1. The molecule has 1 saturated carbocycles. The second-order valence-corrected chi connectivity index (χ2v) is 7.71. The lowest BCUT2D eigenvalue weighted by Crippen LogP contribution is -2.29. The zero-order valence-electron chi connectivity index (χ0n) is 15.1. The van der Waals surface area contributed by atoms with Crippen LogP contribution in [0.3, 0.4) is 0 Å². The zero-order chi connectivity index (χ0) is 16.9. The monoisotopic (exact) mass is 315 g/mol. The molecule has 3 N–H and O–H groups in total. The van der Waals surface area contributed by atoms with Crippen molar-refractivity contribution >= 4 is 0 Å². The summed E-state index contributed by atoms with van der Waals surface area (Å²) in [4.78, 5) is 7.60. The third kappa shape index (κ3) is 4.81. The second-order valence-electron chi connectivity index (χ2n) is 7.71. The van der Waals surface area contributed by atoms with E-state index in [-0.39, 0.29) is 0 Å². The van der Waals surface area contributed by atoms with Crippen molar-refractivity contribution in [2.24, 2.45) is 17.1 Å². The summed E-state index contributed by atoms with van der Waals surface area (Å²) in [7, 11) is 0. The number of H-pyrrole nitrogens is 1. The average molecular weight is 316 g/mol. The van der Waals surface area contributed by atoms with Gasteiger partial charge in [0.1, 0.15) is 0 Å². The van der Waals surface area contributed by atoms with E-state index in [4.69, 9.17) is 5.73 Å². The van der Waals surface area contributed by atoms with E-state index in [0.717, 1.165) is 25.0 Å². The van der Waals surface area contributed by atoms with Gasteiger partial charge in [0.15, 0.2) is 0 Å². The van der Waals surface area contributed by atoms with Gasteiger partial charge in [-0.25, -0.2) is 4.98 Å². The number of rotatable bonds is 7. The molecule has 3 heteroatoms.